The number of allylic oxidation sites excluding steroid dienone is 20. The minimum Gasteiger partial charge on any atom is -0.462 e. The van der Waals surface area contributed by atoms with E-state index < -0.39 is 12.1 Å². The van der Waals surface area contributed by atoms with Crippen molar-refractivity contribution in [2.24, 2.45) is 0 Å². The van der Waals surface area contributed by atoms with E-state index in [2.05, 4.69) is 118 Å². The predicted octanol–water partition coefficient (Wildman–Crippen LogP) is 19.6. The highest BCUT2D eigenvalue weighted by Crippen LogP contribution is 2.16. The van der Waals surface area contributed by atoms with Crippen molar-refractivity contribution in [1.82, 2.24) is 0 Å². The minimum atomic E-state index is -0.849. The Bertz CT molecular complexity index is 1500. The maximum Gasteiger partial charge on any atom is 0.306 e. The standard InChI is InChI=1S/C65H106O6/c1-4-7-10-13-16-19-22-25-27-29-31-32-34-35-37-40-43-46-49-52-55-58-64(67)70-61-62(60-69-63(66)57-54-51-48-45-42-39-24-21-18-15-12-9-6-3)71-65(68)59-56-53-50-47-44-41-38-36-33-30-28-26-23-20-17-14-11-8-5-2/h8-9,11-12,17-18,20-21,26,28,33,36,39,41-42,44,48,50-51,53,62H,4-7,10,13-16,19,22-25,27,29-32,34-35,37-38,40,43,45-47,49,52,54-61H2,1-3H3/b11-8-,12-9-,20-17-,21-18-,28-26-,36-33-,42-39-,44-41-,51-48-,53-50-. The third-order valence-electron chi connectivity index (χ3n) is 12.0. The first-order valence-corrected chi connectivity index (χ1v) is 29.0. The molecule has 0 aromatic carbocycles. The number of rotatable bonds is 51. The average molecular weight is 984 g/mol. The maximum atomic E-state index is 12.8. The van der Waals surface area contributed by atoms with Gasteiger partial charge in [-0.2, -0.15) is 0 Å². The summed E-state index contributed by atoms with van der Waals surface area (Å²) >= 11 is 0. The monoisotopic (exact) mass is 983 g/mol. The van der Waals surface area contributed by atoms with Crippen molar-refractivity contribution in [3.05, 3.63) is 122 Å². The lowest BCUT2D eigenvalue weighted by Gasteiger charge is -2.18. The van der Waals surface area contributed by atoms with Crippen LogP contribution in [0.1, 0.15) is 252 Å². The molecule has 0 aliphatic heterocycles. The third-order valence-corrected chi connectivity index (χ3v) is 12.0. The number of carbonyl (C=O) groups is 3. The zero-order valence-electron chi connectivity index (χ0n) is 45.9. The lowest BCUT2D eigenvalue weighted by atomic mass is 10.0. The molecule has 0 rings (SSSR count). The van der Waals surface area contributed by atoms with Crippen LogP contribution >= 0.6 is 0 Å². The number of carbonyl (C=O) groups excluding carboxylic acids is 3. The van der Waals surface area contributed by atoms with E-state index in [-0.39, 0.29) is 38.0 Å². The summed E-state index contributed by atoms with van der Waals surface area (Å²) in [6, 6.07) is 0. The molecule has 0 saturated carbocycles. The fourth-order valence-electron chi connectivity index (χ4n) is 7.72. The second-order valence-corrected chi connectivity index (χ2v) is 18.8. The van der Waals surface area contributed by atoms with Gasteiger partial charge in [0.2, 0.25) is 0 Å². The summed E-state index contributed by atoms with van der Waals surface area (Å²) in [6.07, 6.45) is 80.9. The third kappa shape index (κ3) is 56.6. The molecule has 0 bridgehead atoms. The van der Waals surface area contributed by atoms with Gasteiger partial charge in [-0.05, 0) is 83.5 Å². The highest BCUT2D eigenvalue weighted by molar-refractivity contribution is 5.71. The molecule has 0 heterocycles. The summed E-state index contributed by atoms with van der Waals surface area (Å²) in [4.78, 5) is 38.1. The van der Waals surface area contributed by atoms with Gasteiger partial charge in [-0.15, -0.1) is 0 Å². The zero-order valence-corrected chi connectivity index (χ0v) is 45.9. The summed E-state index contributed by atoms with van der Waals surface area (Å²) in [6.45, 7) is 6.29. The van der Waals surface area contributed by atoms with Gasteiger partial charge in [0.25, 0.3) is 0 Å². The van der Waals surface area contributed by atoms with E-state index in [1.165, 1.54) is 116 Å². The van der Waals surface area contributed by atoms with Gasteiger partial charge >= 0.3 is 17.9 Å². The normalized spacial score (nSPS) is 13.0. The van der Waals surface area contributed by atoms with Gasteiger partial charge in [0.1, 0.15) is 13.2 Å². The van der Waals surface area contributed by atoms with E-state index in [0.29, 0.717) is 19.3 Å². The first kappa shape index (κ1) is 66.8. The van der Waals surface area contributed by atoms with E-state index in [1.54, 1.807) is 0 Å². The van der Waals surface area contributed by atoms with Gasteiger partial charge < -0.3 is 14.2 Å². The van der Waals surface area contributed by atoms with Crippen LogP contribution in [0.15, 0.2) is 122 Å². The number of esters is 3. The lowest BCUT2D eigenvalue weighted by Crippen LogP contribution is -2.30. The molecule has 0 aromatic rings. The molecule has 0 aromatic heterocycles. The topological polar surface area (TPSA) is 78.9 Å². The Morgan fingerprint density at radius 1 is 0.296 bits per heavy atom. The molecule has 0 saturated heterocycles. The van der Waals surface area contributed by atoms with Crippen molar-refractivity contribution < 1.29 is 28.6 Å². The van der Waals surface area contributed by atoms with Gasteiger partial charge in [0.15, 0.2) is 6.10 Å². The fraction of sp³-hybridized carbons (Fsp3) is 0.646. The van der Waals surface area contributed by atoms with Crippen molar-refractivity contribution in [3.8, 4) is 0 Å². The van der Waals surface area contributed by atoms with E-state index in [1.807, 2.05) is 24.3 Å². The Morgan fingerprint density at radius 3 is 0.859 bits per heavy atom. The molecule has 6 nitrogen and oxygen atoms in total. The second kappa shape index (κ2) is 58.4. The largest absolute Gasteiger partial charge is 0.462 e. The Morgan fingerprint density at radius 2 is 0.549 bits per heavy atom. The Labute approximate surface area is 437 Å². The van der Waals surface area contributed by atoms with Crippen molar-refractivity contribution in [1.29, 1.82) is 0 Å². The van der Waals surface area contributed by atoms with Crippen LogP contribution < -0.4 is 0 Å². The molecule has 1 atom stereocenters. The molecule has 0 N–H and O–H groups in total. The van der Waals surface area contributed by atoms with E-state index in [9.17, 15) is 14.4 Å². The number of unbranched alkanes of at least 4 members (excludes halogenated alkanes) is 20. The average Bonchev–Trinajstić information content (AvgIpc) is 3.37. The van der Waals surface area contributed by atoms with Crippen molar-refractivity contribution in [3.63, 3.8) is 0 Å². The molecule has 0 spiro atoms. The Hall–Kier alpha value is -4.19. The maximum absolute atomic E-state index is 12.8. The van der Waals surface area contributed by atoms with E-state index in [4.69, 9.17) is 14.2 Å². The smallest absolute Gasteiger partial charge is 0.306 e. The molecular weight excluding hydrogens is 877 g/mol. The van der Waals surface area contributed by atoms with Gasteiger partial charge in [-0.25, -0.2) is 0 Å². The molecule has 71 heavy (non-hydrogen) atoms. The van der Waals surface area contributed by atoms with E-state index in [0.717, 1.165) is 83.5 Å². The Balaban J connectivity index is 4.50. The molecule has 0 fully saturated rings. The highest BCUT2D eigenvalue weighted by Gasteiger charge is 2.19. The summed E-state index contributed by atoms with van der Waals surface area (Å²) < 4.78 is 16.7. The SMILES string of the molecule is CC/C=C\C/C=C\C/C=C\C/C=C\C/C=C\C/C=C\CCC(=O)OC(COC(=O)CC/C=C\C/C=C\C/C=C\C/C=C\CC)COC(=O)CCCCCCCCCCCCCCCCCCCCCCC. The molecule has 0 aliphatic rings. The number of ether oxygens (including phenoxy) is 3. The van der Waals surface area contributed by atoms with Crippen LogP contribution in [0.25, 0.3) is 0 Å². The van der Waals surface area contributed by atoms with E-state index >= 15 is 0 Å². The van der Waals surface area contributed by atoms with Crippen LogP contribution in [0, 0.1) is 0 Å². The van der Waals surface area contributed by atoms with Crippen LogP contribution in [0.2, 0.25) is 0 Å². The summed E-state index contributed by atoms with van der Waals surface area (Å²) in [5, 5.41) is 0. The van der Waals surface area contributed by atoms with Gasteiger partial charge in [0.05, 0.1) is 0 Å². The molecule has 0 radical (unpaired) electrons. The molecule has 1 unspecified atom stereocenters. The van der Waals surface area contributed by atoms with Crippen LogP contribution in [-0.4, -0.2) is 37.2 Å². The highest BCUT2D eigenvalue weighted by atomic mass is 16.6. The summed E-state index contributed by atoms with van der Waals surface area (Å²) in [5.74, 6) is -1.10. The number of hydrogen-bond acceptors (Lipinski definition) is 6. The first-order valence-electron chi connectivity index (χ1n) is 29.0. The van der Waals surface area contributed by atoms with Crippen LogP contribution in [0.4, 0.5) is 0 Å². The second-order valence-electron chi connectivity index (χ2n) is 18.8. The number of hydrogen-bond donors (Lipinski definition) is 0. The van der Waals surface area contributed by atoms with Gasteiger partial charge in [0, 0.05) is 19.3 Å². The summed E-state index contributed by atoms with van der Waals surface area (Å²) in [7, 11) is 0. The molecule has 6 heteroatoms. The van der Waals surface area contributed by atoms with Crippen LogP contribution in [-0.2, 0) is 28.6 Å². The molecule has 0 aliphatic carbocycles. The van der Waals surface area contributed by atoms with Crippen LogP contribution in [0.3, 0.4) is 0 Å². The molecule has 0 amide bonds. The van der Waals surface area contributed by atoms with Crippen molar-refractivity contribution in [2.75, 3.05) is 13.2 Å². The fourth-order valence-corrected chi connectivity index (χ4v) is 7.72. The van der Waals surface area contributed by atoms with Gasteiger partial charge in [-0.3, -0.25) is 14.4 Å². The zero-order chi connectivity index (χ0) is 51.4. The lowest BCUT2D eigenvalue weighted by molar-refractivity contribution is -0.166. The Kier molecular flexibility index (Phi) is 54.9. The first-order chi connectivity index (χ1) is 35.0. The van der Waals surface area contributed by atoms with Crippen molar-refractivity contribution >= 4 is 17.9 Å². The quantitative estimate of drug-likeness (QED) is 0.0261. The molecular formula is C65H106O6. The summed E-state index contributed by atoms with van der Waals surface area (Å²) in [5.41, 5.74) is 0. The van der Waals surface area contributed by atoms with Gasteiger partial charge in [-0.1, -0.05) is 271 Å². The molecule has 402 valence electrons. The minimum absolute atomic E-state index is 0.131. The van der Waals surface area contributed by atoms with Crippen LogP contribution in [0.5, 0.6) is 0 Å². The predicted molar refractivity (Wildman–Crippen MR) is 306 cm³/mol. The van der Waals surface area contributed by atoms with Crippen molar-refractivity contribution in [2.45, 2.75) is 258 Å².